The van der Waals surface area contributed by atoms with Gasteiger partial charge in [-0.25, -0.2) is 41.7 Å². The van der Waals surface area contributed by atoms with E-state index < -0.39 is 0 Å². The molecule has 0 saturated carbocycles. The first-order chi connectivity index (χ1) is 55.1. The maximum atomic E-state index is 13.5. The zero-order chi connectivity index (χ0) is 81.6. The summed E-state index contributed by atoms with van der Waals surface area (Å²) < 4.78 is 52.2. The van der Waals surface area contributed by atoms with Crippen molar-refractivity contribution in [1.82, 2.24) is 93.0 Å². The van der Waals surface area contributed by atoms with Crippen LogP contribution in [0.3, 0.4) is 0 Å². The van der Waals surface area contributed by atoms with Crippen molar-refractivity contribution >= 4 is 58.3 Å². The number of hydrogen-bond acceptors (Lipinski definition) is 16. The summed E-state index contributed by atoms with van der Waals surface area (Å²) in [6.07, 6.45) is 12.6. The second-order valence-electron chi connectivity index (χ2n) is 31.1. The summed E-state index contributed by atoms with van der Waals surface area (Å²) in [5.41, 5.74) is 11.8. The lowest BCUT2D eigenvalue weighted by Crippen LogP contribution is -2.55. The first-order valence-corrected chi connectivity index (χ1v) is 39.5. The lowest BCUT2D eigenvalue weighted by atomic mass is 10.0. The van der Waals surface area contributed by atoms with Crippen LogP contribution in [0, 0.1) is 31.3 Å². The predicted molar refractivity (Wildman–Crippen MR) is 425 cm³/mol. The monoisotopic (exact) mass is 1570 g/mol. The number of aryl methyl sites for hydroxylation is 3. The number of halogens is 3. The summed E-state index contributed by atoms with van der Waals surface area (Å²) in [6, 6.07) is 25.8. The van der Waals surface area contributed by atoms with Crippen molar-refractivity contribution in [3.63, 3.8) is 0 Å². The number of aromatic nitrogens is 12. The predicted octanol–water partition coefficient (Wildman–Crippen LogP) is 11.9. The summed E-state index contributed by atoms with van der Waals surface area (Å²) in [7, 11) is 0. The lowest BCUT2D eigenvalue weighted by Gasteiger charge is -2.40. The number of carbonyl (C=O) groups is 7. The fraction of sp³-hybridized carbons (Fsp3) is 0.424. The van der Waals surface area contributed by atoms with E-state index in [1.54, 1.807) is 99.0 Å². The van der Waals surface area contributed by atoms with E-state index in [0.717, 1.165) is 69.8 Å². The highest BCUT2D eigenvalue weighted by molar-refractivity contribution is 5.95. The van der Waals surface area contributed by atoms with E-state index in [2.05, 4.69) is 82.0 Å². The van der Waals surface area contributed by atoms with Gasteiger partial charge in [0, 0.05) is 174 Å². The molecule has 0 unspecified atom stereocenters. The minimum absolute atomic E-state index is 0.0137. The Balaban J connectivity index is 0.000000150. The van der Waals surface area contributed by atoms with Crippen LogP contribution in [0.15, 0.2) is 133 Å². The third kappa shape index (κ3) is 18.5. The smallest absolute Gasteiger partial charge is 0.274 e. The van der Waals surface area contributed by atoms with Crippen LogP contribution in [0.4, 0.5) is 13.2 Å². The highest BCUT2D eigenvalue weighted by Gasteiger charge is 2.36. The highest BCUT2D eigenvalue weighted by Crippen LogP contribution is 2.32. The molecule has 8 aromatic heterocycles. The van der Waals surface area contributed by atoms with Gasteiger partial charge >= 0.3 is 0 Å². The van der Waals surface area contributed by atoms with E-state index in [4.69, 9.17) is 4.52 Å². The normalized spacial score (nSPS) is 16.8. The van der Waals surface area contributed by atoms with Crippen molar-refractivity contribution in [1.29, 1.82) is 0 Å². The molecule has 3 aromatic carbocycles. The molecule has 4 fully saturated rings. The summed E-state index contributed by atoms with van der Waals surface area (Å²) in [5, 5.41) is 22.1. The summed E-state index contributed by atoms with van der Waals surface area (Å²) >= 11 is 0. The molecule has 4 aliphatic rings. The third-order valence-corrected chi connectivity index (χ3v) is 21.9. The molecule has 0 aliphatic carbocycles. The van der Waals surface area contributed by atoms with Gasteiger partial charge in [-0.1, -0.05) is 46.7 Å². The molecule has 602 valence electrons. The van der Waals surface area contributed by atoms with Crippen LogP contribution in [0.1, 0.15) is 184 Å². The quantitative estimate of drug-likeness (QED) is 0.0772. The summed E-state index contributed by atoms with van der Waals surface area (Å²) in [6.45, 7) is 27.6. The summed E-state index contributed by atoms with van der Waals surface area (Å²) in [4.78, 5) is 118. The Kier molecular flexibility index (Phi) is 24.8. The van der Waals surface area contributed by atoms with Crippen LogP contribution >= 0.6 is 0 Å². The molecule has 0 spiro atoms. The van der Waals surface area contributed by atoms with Crippen LogP contribution in [-0.2, 0) is 32.1 Å². The average molecular weight is 1570 g/mol. The molecular weight excluding hydrogens is 1470 g/mol. The maximum absolute atomic E-state index is 13.5. The van der Waals surface area contributed by atoms with Gasteiger partial charge in [0.05, 0.1) is 41.4 Å². The molecule has 27 nitrogen and oxygen atoms in total. The van der Waals surface area contributed by atoms with Crippen molar-refractivity contribution < 1.29 is 51.3 Å². The molecule has 3 atom stereocenters. The third-order valence-electron chi connectivity index (χ3n) is 21.9. The number of rotatable bonds is 18. The SMILES string of the molecule is CC(C)c1cc(-c2ccc(F)cc2)nn2cc(C(=O)N3CCN(C(=O)CCN4CCCCC4=O)[C@@H](C)C3)nc12.CC(C)c1cc(-c2ccc(F)cc2)nn2cc(C(=O)N3CCN(C(=O)CCn4cccn4)[C@@H](C)C3)nc12.Cc1noc(C)c1CCC(=O)N1CCN(C(=O)c2cn3nc(-c4ccc(F)cc4)cc(C(C)C)c3n2)C[C@@H]1C. The molecule has 4 aliphatic heterocycles. The number of piperazine rings is 3. The van der Waals surface area contributed by atoms with E-state index in [1.807, 2.05) is 79.8 Å². The standard InChI is InChI=1S/C29H33FN6O3.C29H35FN6O3.C27H30FN7O2/c1-17(2)24-14-25(21-6-8-22(30)9-7-21)32-36-16-26(31-28(24)36)29(38)34-12-13-35(18(3)15-34)27(37)11-10-23-19(4)33-39-20(23)5;1-19(2)23-16-24(21-7-9-22(30)10-8-21)32-36-18-25(31-28(23)36)29(39)34-14-15-35(20(3)17-34)27(38)11-13-33-12-5-4-6-26(33)37;1-18(2)22-15-23(20-5-7-21(28)8-6-20)31-35-17-24(30-26(22)35)27(37)32-13-14-34(19(3)16-32)25(36)9-12-33-11-4-10-29-33/h6-9,14,16-18H,10-13,15H2,1-5H3;7-10,16,18-20H,4-6,11-15,17H2,1-3H3;4-8,10-11,15,17-19H,9,12-14,16H2,1-3H3/t18-;20-;19-/m000/s1. The van der Waals surface area contributed by atoms with E-state index in [9.17, 15) is 46.7 Å². The zero-order valence-corrected chi connectivity index (χ0v) is 66.9. The minimum atomic E-state index is -0.312. The number of likely N-dealkylation sites (tertiary alicyclic amines) is 1. The lowest BCUT2D eigenvalue weighted by molar-refractivity contribution is -0.138. The number of benzene rings is 3. The van der Waals surface area contributed by atoms with Gasteiger partial charge in [-0.15, -0.1) is 0 Å². The Labute approximate surface area is 665 Å². The molecule has 4 saturated heterocycles. The molecule has 0 radical (unpaired) electrons. The van der Waals surface area contributed by atoms with E-state index in [1.165, 1.54) is 36.4 Å². The van der Waals surface area contributed by atoms with Gasteiger partial charge in [0.2, 0.25) is 23.6 Å². The van der Waals surface area contributed by atoms with Gasteiger partial charge in [-0.05, 0) is 169 Å². The fourth-order valence-corrected chi connectivity index (χ4v) is 15.4. The molecule has 12 heterocycles. The van der Waals surface area contributed by atoms with E-state index in [0.29, 0.717) is 155 Å². The Morgan fingerprint density at radius 3 is 1.19 bits per heavy atom. The van der Waals surface area contributed by atoms with Crippen LogP contribution in [-0.4, -0.2) is 224 Å². The van der Waals surface area contributed by atoms with Gasteiger partial charge in [0.1, 0.15) is 40.3 Å². The van der Waals surface area contributed by atoms with Crippen molar-refractivity contribution in [2.75, 3.05) is 72.0 Å². The number of nitrogens with zero attached hydrogens (tertiary/aromatic N) is 19. The second kappa shape index (κ2) is 35.2. The van der Waals surface area contributed by atoms with Gasteiger partial charge in [0.15, 0.2) is 16.9 Å². The van der Waals surface area contributed by atoms with Gasteiger partial charge in [-0.2, -0.15) is 20.4 Å². The number of carbonyl (C=O) groups excluding carboxylic acids is 7. The minimum Gasteiger partial charge on any atom is -0.361 e. The van der Waals surface area contributed by atoms with E-state index >= 15 is 0 Å². The first-order valence-electron chi connectivity index (χ1n) is 39.5. The van der Waals surface area contributed by atoms with Crippen molar-refractivity contribution in [3.8, 4) is 33.8 Å². The second-order valence-corrected chi connectivity index (χ2v) is 31.1. The molecule has 7 amide bonds. The number of piperidine rings is 1. The first kappa shape index (κ1) is 81.0. The Morgan fingerprint density at radius 1 is 0.487 bits per heavy atom. The Morgan fingerprint density at radius 2 is 0.861 bits per heavy atom. The number of imidazole rings is 3. The summed E-state index contributed by atoms with van der Waals surface area (Å²) in [5.74, 6) is -0.0733. The van der Waals surface area contributed by atoms with Gasteiger partial charge < -0.3 is 38.8 Å². The molecule has 30 heteroatoms. The average Bonchev–Trinajstić information content (AvgIpc) is 1.64. The zero-order valence-electron chi connectivity index (χ0n) is 66.9. The molecule has 115 heavy (non-hydrogen) atoms. The Hall–Kier alpha value is -12.0. The molecule has 0 N–H and O–H groups in total. The van der Waals surface area contributed by atoms with Crippen LogP contribution in [0.5, 0.6) is 0 Å². The number of fused-ring (bicyclic) bond motifs is 3. The van der Waals surface area contributed by atoms with Gasteiger partial charge in [-0.3, -0.25) is 38.2 Å². The molecule has 11 aromatic rings. The van der Waals surface area contributed by atoms with Crippen molar-refractivity contribution in [2.24, 2.45) is 0 Å². The maximum Gasteiger partial charge on any atom is 0.274 e. The number of hydrogen-bond donors (Lipinski definition) is 0. The highest BCUT2D eigenvalue weighted by atomic mass is 19.1. The Bertz CT molecular complexity index is 5350. The topological polar surface area (TPSA) is 277 Å². The van der Waals surface area contributed by atoms with Gasteiger partial charge in [0.25, 0.3) is 17.7 Å². The fourth-order valence-electron chi connectivity index (χ4n) is 15.4. The van der Waals surface area contributed by atoms with Crippen LogP contribution < -0.4 is 0 Å². The molecule has 15 rings (SSSR count). The van der Waals surface area contributed by atoms with Crippen molar-refractivity contribution in [2.45, 2.75) is 164 Å². The number of amides is 7. The molecular formula is C85H98F3N19O8. The van der Waals surface area contributed by atoms with Crippen molar-refractivity contribution in [3.05, 3.63) is 196 Å². The molecule has 0 bridgehead atoms. The largest absolute Gasteiger partial charge is 0.361 e. The van der Waals surface area contributed by atoms with Crippen LogP contribution in [0.2, 0.25) is 0 Å². The van der Waals surface area contributed by atoms with E-state index in [-0.39, 0.29) is 94.7 Å². The van der Waals surface area contributed by atoms with Crippen LogP contribution in [0.25, 0.3) is 50.7 Å².